The lowest BCUT2D eigenvalue weighted by Crippen LogP contribution is -2.34. The second-order valence-electron chi connectivity index (χ2n) is 5.52. The molecule has 0 aromatic carbocycles. The molecule has 2 atom stereocenters. The minimum absolute atomic E-state index is 0.0389. The van der Waals surface area contributed by atoms with Gasteiger partial charge in [0.15, 0.2) is 0 Å². The van der Waals surface area contributed by atoms with Crippen LogP contribution in [0.4, 0.5) is 0 Å². The molecule has 0 aromatic heterocycles. The number of rotatable bonds is 11. The second kappa shape index (κ2) is 20.9. The van der Waals surface area contributed by atoms with E-state index in [4.69, 9.17) is 16.4 Å². The van der Waals surface area contributed by atoms with E-state index in [1.54, 1.807) is 21.0 Å². The van der Waals surface area contributed by atoms with Crippen molar-refractivity contribution in [2.75, 3.05) is 59.3 Å². The lowest BCUT2D eigenvalue weighted by molar-refractivity contribution is -0.128. The molecule has 0 heterocycles. The molecule has 0 rings (SSSR count). The van der Waals surface area contributed by atoms with Crippen molar-refractivity contribution in [1.82, 2.24) is 20.4 Å². The van der Waals surface area contributed by atoms with Crippen molar-refractivity contribution >= 4 is 47.8 Å². The first kappa shape index (κ1) is 15.4. The molecule has 0 aromatic rings. The Morgan fingerprint density at radius 1 is 1.03 bits per heavy atom. The van der Waals surface area contributed by atoms with Crippen LogP contribution in [0.5, 0.6) is 0 Å². The first-order chi connectivity index (χ1) is 18.7. The lowest BCUT2D eigenvalue weighted by Gasteiger charge is -2.13. The van der Waals surface area contributed by atoms with Gasteiger partial charge in [0.25, 0.3) is 0 Å². The van der Waals surface area contributed by atoms with Gasteiger partial charge in [0.1, 0.15) is 11.6 Å². The van der Waals surface area contributed by atoms with Crippen LogP contribution in [-0.4, -0.2) is 105 Å². The summed E-state index contributed by atoms with van der Waals surface area (Å²) in [6.45, 7) is -5.94. The average Bonchev–Trinajstić information content (AvgIpc) is 2.76. The predicted octanol–water partition coefficient (Wildman–Crippen LogP) is 0.729. The van der Waals surface area contributed by atoms with Crippen molar-refractivity contribution in [1.29, 1.82) is 0 Å². The standard InChI is InChI=1S/C10H20N2O2S.C5H11NOS.C5H9NO/c1-8(13)9(11-2)7-15-6-5-10(14)12(3)4;1-4(7)5(3-8)6-2;1-4-5(7)6(2)3/h9,11H,5-7H2,1-4H3;5-6,8H,3H2,1-2H3;4H,1H2,2-3H3/i3D3,4D3;;2D3,3D3. The van der Waals surface area contributed by atoms with E-state index in [0.717, 1.165) is 0 Å². The summed E-state index contributed by atoms with van der Waals surface area (Å²) in [6, 6.07) is -0.412. The normalized spacial score (nSPS) is 19.1. The Labute approximate surface area is 208 Å². The zero-order valence-corrected chi connectivity index (χ0v) is 19.4. The smallest absolute Gasteiger partial charge is 0.245 e. The number of thioether (sulfide) groups is 1. The molecular formula is C20H40N4O4S2. The number of Topliss-reactive ketones (excluding diaryl/α,β-unsaturated/α-hetero) is 2. The molecule has 0 fully saturated rings. The number of carbonyl (C=O) groups is 4. The number of hydrogen-bond donors (Lipinski definition) is 3. The number of amides is 2. The van der Waals surface area contributed by atoms with Crippen LogP contribution in [0.3, 0.4) is 0 Å². The van der Waals surface area contributed by atoms with Crippen molar-refractivity contribution in [3.63, 3.8) is 0 Å². The van der Waals surface area contributed by atoms with Gasteiger partial charge in [-0.15, -0.1) is 0 Å². The van der Waals surface area contributed by atoms with Crippen LogP contribution in [0.1, 0.15) is 36.7 Å². The van der Waals surface area contributed by atoms with Gasteiger partial charge in [0.2, 0.25) is 11.8 Å². The lowest BCUT2D eigenvalue weighted by atomic mass is 10.2. The van der Waals surface area contributed by atoms with E-state index in [9.17, 15) is 19.2 Å². The molecule has 0 aliphatic heterocycles. The number of likely N-dealkylation sites (N-methyl/N-ethyl adjacent to an activating group) is 3. The fourth-order valence-corrected chi connectivity index (χ4v) is 2.95. The highest BCUT2D eigenvalue weighted by atomic mass is 32.2. The van der Waals surface area contributed by atoms with Crippen LogP contribution < -0.4 is 10.6 Å². The van der Waals surface area contributed by atoms with E-state index in [2.05, 4.69) is 29.8 Å². The summed E-state index contributed by atoms with van der Waals surface area (Å²) in [5, 5.41) is 5.64. The monoisotopic (exact) mass is 476 g/mol. The van der Waals surface area contributed by atoms with Crippen LogP contribution in [0.2, 0.25) is 0 Å². The van der Waals surface area contributed by atoms with Gasteiger partial charge in [-0.3, -0.25) is 19.2 Å². The Morgan fingerprint density at radius 3 is 1.80 bits per heavy atom. The highest BCUT2D eigenvalue weighted by Gasteiger charge is 2.11. The summed E-state index contributed by atoms with van der Waals surface area (Å²) < 4.78 is 83.6. The van der Waals surface area contributed by atoms with Crippen LogP contribution >= 0.6 is 24.4 Å². The maximum absolute atomic E-state index is 11.8. The maximum Gasteiger partial charge on any atom is 0.245 e. The zero-order valence-electron chi connectivity index (χ0n) is 29.7. The summed E-state index contributed by atoms with van der Waals surface area (Å²) in [5.41, 5.74) is 0. The van der Waals surface area contributed by atoms with Gasteiger partial charge in [0.05, 0.1) is 12.1 Å². The highest BCUT2D eigenvalue weighted by molar-refractivity contribution is 7.99. The summed E-state index contributed by atoms with van der Waals surface area (Å²) in [7, 11) is 3.39. The fraction of sp³-hybridized carbons (Fsp3) is 0.700. The van der Waals surface area contributed by atoms with E-state index in [1.165, 1.54) is 18.7 Å². The van der Waals surface area contributed by atoms with E-state index >= 15 is 0 Å². The van der Waals surface area contributed by atoms with Crippen molar-refractivity contribution < 1.29 is 35.6 Å². The van der Waals surface area contributed by atoms with Crippen LogP contribution in [0.15, 0.2) is 12.7 Å². The molecule has 2 unspecified atom stereocenters. The Balaban J connectivity index is -0.000000613. The molecule has 0 saturated heterocycles. The minimum Gasteiger partial charge on any atom is -0.349 e. The zero-order chi connectivity index (χ0) is 34.3. The molecule has 8 nitrogen and oxygen atoms in total. The summed E-state index contributed by atoms with van der Waals surface area (Å²) in [5.74, 6) is -0.740. The third-order valence-electron chi connectivity index (χ3n) is 3.25. The van der Waals surface area contributed by atoms with Gasteiger partial charge in [-0.2, -0.15) is 24.4 Å². The quantitative estimate of drug-likeness (QED) is 0.230. The largest absolute Gasteiger partial charge is 0.349 e. The number of nitrogens with zero attached hydrogens (tertiary/aromatic N) is 2. The van der Waals surface area contributed by atoms with Crippen LogP contribution in [-0.2, 0) is 19.2 Å². The average molecular weight is 477 g/mol. The van der Waals surface area contributed by atoms with Gasteiger partial charge >= 0.3 is 0 Å². The molecule has 0 aliphatic carbocycles. The summed E-state index contributed by atoms with van der Waals surface area (Å²) in [4.78, 5) is 44.2. The van der Waals surface area contributed by atoms with Gasteiger partial charge in [0, 0.05) is 68.0 Å². The molecule has 0 bridgehead atoms. The number of carbonyl (C=O) groups excluding carboxylic acids is 4. The molecule has 30 heavy (non-hydrogen) atoms. The van der Waals surface area contributed by atoms with Gasteiger partial charge in [-0.25, -0.2) is 0 Å². The third-order valence-corrected chi connectivity index (χ3v) is 4.68. The molecule has 176 valence electrons. The first-order valence-corrected chi connectivity index (χ1v) is 10.4. The van der Waals surface area contributed by atoms with Gasteiger partial charge in [-0.05, 0) is 34.0 Å². The third kappa shape index (κ3) is 19.9. The molecule has 10 heteroatoms. The molecule has 2 amide bonds. The summed E-state index contributed by atoms with van der Waals surface area (Å²) >= 11 is 5.23. The van der Waals surface area contributed by atoms with Crippen LogP contribution in [0.25, 0.3) is 0 Å². The maximum atomic E-state index is 11.8. The Bertz CT molecular complexity index is 849. The molecule has 0 radical (unpaired) electrons. The first-order valence-electron chi connectivity index (χ1n) is 14.6. The van der Waals surface area contributed by atoms with Crippen molar-refractivity contribution in [2.24, 2.45) is 0 Å². The Hall–Kier alpha value is -1.36. The van der Waals surface area contributed by atoms with Gasteiger partial charge in [-0.1, -0.05) is 6.58 Å². The number of hydrogen-bond acceptors (Lipinski definition) is 8. The van der Waals surface area contributed by atoms with E-state index in [-0.39, 0.29) is 45.6 Å². The molecule has 2 N–H and O–H groups in total. The summed E-state index contributed by atoms with van der Waals surface area (Å²) in [6.07, 6.45) is 0.439. The van der Waals surface area contributed by atoms with E-state index < -0.39 is 39.7 Å². The molecule has 0 saturated carbocycles. The van der Waals surface area contributed by atoms with Crippen molar-refractivity contribution in [3.05, 3.63) is 12.7 Å². The number of nitrogens with one attached hydrogen (secondary N) is 2. The van der Waals surface area contributed by atoms with Crippen LogP contribution in [0, 0.1) is 0 Å². The Kier molecular flexibility index (Phi) is 10.8. The fourth-order valence-electron chi connectivity index (χ4n) is 1.39. The number of thiol groups is 1. The van der Waals surface area contributed by atoms with E-state index in [1.807, 2.05) is 0 Å². The molecular weight excluding hydrogens is 424 g/mol. The highest BCUT2D eigenvalue weighted by Crippen LogP contribution is 2.06. The van der Waals surface area contributed by atoms with Crippen molar-refractivity contribution in [3.8, 4) is 0 Å². The molecule has 0 spiro atoms. The SMILES string of the molecule is CNC(CS)C(C)=O.[2H]C([2H])([2H])N(C(=O)C=C)C([2H])([2H])[2H].[2H]C([2H])([2H])N(C(=O)CCSCC(NC)C(C)=O)C([2H])([2H])[2H]. The topological polar surface area (TPSA) is 98.8 Å². The van der Waals surface area contributed by atoms with E-state index in [0.29, 0.717) is 17.6 Å². The predicted molar refractivity (Wildman–Crippen MR) is 130 cm³/mol. The Morgan fingerprint density at radius 2 is 1.53 bits per heavy atom. The van der Waals surface area contributed by atoms with Crippen molar-refractivity contribution in [2.45, 2.75) is 32.4 Å². The van der Waals surface area contributed by atoms with Gasteiger partial charge < -0.3 is 20.4 Å². The molecule has 0 aliphatic rings. The second-order valence-corrected chi connectivity index (χ2v) is 7.03. The number of ketones is 2. The minimum atomic E-state index is -3.00.